The van der Waals surface area contributed by atoms with Gasteiger partial charge in [-0.25, -0.2) is 0 Å². The van der Waals surface area contributed by atoms with Crippen molar-refractivity contribution in [3.05, 3.63) is 62.1 Å². The molecule has 0 atom stereocenters. The average Bonchev–Trinajstić information content (AvgIpc) is 2.42. The van der Waals surface area contributed by atoms with Crippen molar-refractivity contribution in [2.45, 2.75) is 6.92 Å². The molecular formula is C14H9Cl2NO4. The molecule has 108 valence electrons. The molecule has 21 heavy (non-hydrogen) atoms. The molecule has 2 rings (SSSR count). The van der Waals surface area contributed by atoms with E-state index in [1.807, 2.05) is 0 Å². The zero-order valence-electron chi connectivity index (χ0n) is 10.8. The number of Topliss-reactive ketones (excluding diaryl/α,β-unsaturated/α-hetero) is 1. The number of hydrogen-bond donors (Lipinski definition) is 0. The number of nitrogens with zero attached hydrogens (tertiary/aromatic N) is 1. The summed E-state index contributed by atoms with van der Waals surface area (Å²) in [5.74, 6) is 0.353. The Labute approximate surface area is 130 Å². The van der Waals surface area contributed by atoms with Crippen LogP contribution in [0.25, 0.3) is 0 Å². The summed E-state index contributed by atoms with van der Waals surface area (Å²) in [6.45, 7) is 1.44. The Hall–Kier alpha value is -2.11. The molecular weight excluding hydrogens is 317 g/mol. The highest BCUT2D eigenvalue weighted by molar-refractivity contribution is 6.37. The van der Waals surface area contributed by atoms with Crippen molar-refractivity contribution in [3.63, 3.8) is 0 Å². The fourth-order valence-electron chi connectivity index (χ4n) is 1.65. The van der Waals surface area contributed by atoms with Crippen molar-refractivity contribution >= 4 is 34.7 Å². The number of ketones is 1. The summed E-state index contributed by atoms with van der Waals surface area (Å²) >= 11 is 11.9. The van der Waals surface area contributed by atoms with Gasteiger partial charge in [0.2, 0.25) is 0 Å². The van der Waals surface area contributed by atoms with E-state index < -0.39 is 4.92 Å². The summed E-state index contributed by atoms with van der Waals surface area (Å²) in [4.78, 5) is 21.4. The zero-order chi connectivity index (χ0) is 15.6. The first-order valence-corrected chi connectivity index (χ1v) is 6.56. The average molecular weight is 326 g/mol. The second-order valence-electron chi connectivity index (χ2n) is 4.18. The van der Waals surface area contributed by atoms with Crippen LogP contribution >= 0.6 is 23.2 Å². The third kappa shape index (κ3) is 3.51. The predicted molar refractivity (Wildman–Crippen MR) is 79.6 cm³/mol. The first-order chi connectivity index (χ1) is 9.88. The largest absolute Gasteiger partial charge is 0.454 e. The smallest absolute Gasteiger partial charge is 0.272 e. The van der Waals surface area contributed by atoms with Crippen LogP contribution in [0.15, 0.2) is 36.4 Å². The number of ether oxygens (including phenoxy) is 1. The molecule has 0 fully saturated rings. The van der Waals surface area contributed by atoms with E-state index in [1.54, 1.807) is 18.2 Å². The predicted octanol–water partition coefficient (Wildman–Crippen LogP) is 4.90. The molecule has 0 aromatic heterocycles. The van der Waals surface area contributed by atoms with E-state index >= 15 is 0 Å². The van der Waals surface area contributed by atoms with Gasteiger partial charge < -0.3 is 4.74 Å². The molecule has 2 aromatic carbocycles. The van der Waals surface area contributed by atoms with Gasteiger partial charge in [0, 0.05) is 17.7 Å². The van der Waals surface area contributed by atoms with E-state index in [4.69, 9.17) is 27.9 Å². The maximum absolute atomic E-state index is 11.3. The summed E-state index contributed by atoms with van der Waals surface area (Å²) in [5, 5.41) is 10.7. The minimum Gasteiger partial charge on any atom is -0.454 e. The van der Waals surface area contributed by atoms with Gasteiger partial charge >= 0.3 is 0 Å². The van der Waals surface area contributed by atoms with Gasteiger partial charge in [-0.1, -0.05) is 35.3 Å². The number of hydrogen-bond acceptors (Lipinski definition) is 4. The van der Waals surface area contributed by atoms with E-state index in [2.05, 4.69) is 0 Å². The SMILES string of the molecule is CC(=O)c1cccc(Oc2c(Cl)cc([N+](=O)[O-])cc2Cl)c1. The quantitative estimate of drug-likeness (QED) is 0.455. The van der Waals surface area contributed by atoms with Crippen LogP contribution in [0.2, 0.25) is 10.0 Å². The van der Waals surface area contributed by atoms with Gasteiger partial charge in [0.15, 0.2) is 11.5 Å². The molecule has 0 aliphatic rings. The lowest BCUT2D eigenvalue weighted by Crippen LogP contribution is -1.94. The highest BCUT2D eigenvalue weighted by atomic mass is 35.5. The minimum atomic E-state index is -0.599. The summed E-state index contributed by atoms with van der Waals surface area (Å²) in [5.41, 5.74) is 0.247. The van der Waals surface area contributed by atoms with Crippen LogP contribution in [0.3, 0.4) is 0 Å². The van der Waals surface area contributed by atoms with E-state index in [0.29, 0.717) is 11.3 Å². The third-order valence-electron chi connectivity index (χ3n) is 2.65. The van der Waals surface area contributed by atoms with Gasteiger partial charge in [-0.05, 0) is 19.1 Å². The van der Waals surface area contributed by atoms with Crippen LogP contribution in [0.1, 0.15) is 17.3 Å². The van der Waals surface area contributed by atoms with E-state index in [0.717, 1.165) is 12.1 Å². The lowest BCUT2D eigenvalue weighted by atomic mass is 10.1. The molecule has 0 aliphatic heterocycles. The topological polar surface area (TPSA) is 69.4 Å². The van der Waals surface area contributed by atoms with Crippen LogP contribution in [-0.2, 0) is 0 Å². The van der Waals surface area contributed by atoms with E-state index in [1.165, 1.54) is 13.0 Å². The number of rotatable bonds is 4. The Balaban J connectivity index is 2.38. The number of carbonyl (C=O) groups excluding carboxylic acids is 1. The Kier molecular flexibility index (Phi) is 4.45. The lowest BCUT2D eigenvalue weighted by molar-refractivity contribution is -0.384. The zero-order valence-corrected chi connectivity index (χ0v) is 12.3. The van der Waals surface area contributed by atoms with Crippen molar-refractivity contribution in [2.75, 3.05) is 0 Å². The molecule has 0 amide bonds. The second kappa shape index (κ2) is 6.11. The van der Waals surface area contributed by atoms with Crippen molar-refractivity contribution in [1.29, 1.82) is 0 Å². The molecule has 0 N–H and O–H groups in total. The summed E-state index contributed by atoms with van der Waals surface area (Å²) in [7, 11) is 0. The Morgan fingerprint density at radius 1 is 1.19 bits per heavy atom. The normalized spacial score (nSPS) is 10.2. The summed E-state index contributed by atoms with van der Waals surface area (Å²) in [6, 6.07) is 8.76. The van der Waals surface area contributed by atoms with E-state index in [-0.39, 0.29) is 27.3 Å². The van der Waals surface area contributed by atoms with Gasteiger partial charge in [0.25, 0.3) is 5.69 Å². The van der Waals surface area contributed by atoms with Gasteiger partial charge in [0.1, 0.15) is 5.75 Å². The molecule has 0 heterocycles. The molecule has 5 nitrogen and oxygen atoms in total. The molecule has 0 saturated carbocycles. The minimum absolute atomic E-state index is 0.0161. The Morgan fingerprint density at radius 3 is 2.33 bits per heavy atom. The molecule has 0 radical (unpaired) electrons. The summed E-state index contributed by atoms with van der Waals surface area (Å²) < 4.78 is 5.53. The first kappa shape index (κ1) is 15.3. The fraction of sp³-hybridized carbons (Fsp3) is 0.0714. The van der Waals surface area contributed by atoms with Crippen molar-refractivity contribution in [3.8, 4) is 11.5 Å². The monoisotopic (exact) mass is 325 g/mol. The number of nitro groups is 1. The summed E-state index contributed by atoms with van der Waals surface area (Å²) in [6.07, 6.45) is 0. The van der Waals surface area contributed by atoms with Crippen LogP contribution in [-0.4, -0.2) is 10.7 Å². The van der Waals surface area contributed by atoms with Gasteiger partial charge in [-0.2, -0.15) is 0 Å². The fourth-order valence-corrected chi connectivity index (χ4v) is 2.20. The number of benzene rings is 2. The molecule has 7 heteroatoms. The molecule has 2 aromatic rings. The van der Waals surface area contributed by atoms with Crippen molar-refractivity contribution in [2.24, 2.45) is 0 Å². The van der Waals surface area contributed by atoms with Crippen molar-refractivity contribution in [1.82, 2.24) is 0 Å². The van der Waals surface area contributed by atoms with Gasteiger partial charge in [-0.3, -0.25) is 14.9 Å². The molecule has 0 unspecified atom stereocenters. The lowest BCUT2D eigenvalue weighted by Gasteiger charge is -2.10. The van der Waals surface area contributed by atoms with Crippen LogP contribution in [0.4, 0.5) is 5.69 Å². The molecule has 0 aliphatic carbocycles. The van der Waals surface area contributed by atoms with Crippen molar-refractivity contribution < 1.29 is 14.5 Å². The second-order valence-corrected chi connectivity index (χ2v) is 5.00. The number of halogens is 2. The van der Waals surface area contributed by atoms with Gasteiger partial charge in [0.05, 0.1) is 15.0 Å². The maximum atomic E-state index is 11.3. The maximum Gasteiger partial charge on any atom is 0.272 e. The molecule has 0 spiro atoms. The first-order valence-electron chi connectivity index (χ1n) is 5.81. The van der Waals surface area contributed by atoms with Gasteiger partial charge in [-0.15, -0.1) is 0 Å². The Morgan fingerprint density at radius 2 is 1.81 bits per heavy atom. The number of nitro benzene ring substituents is 1. The molecule has 0 saturated heterocycles. The Bertz CT molecular complexity index is 708. The number of non-ortho nitro benzene ring substituents is 1. The standard InChI is InChI=1S/C14H9Cl2NO4/c1-8(18)9-3-2-4-11(5-9)21-14-12(15)6-10(17(19)20)7-13(14)16/h2-7H,1H3. The highest BCUT2D eigenvalue weighted by Gasteiger charge is 2.16. The van der Waals surface area contributed by atoms with E-state index in [9.17, 15) is 14.9 Å². The molecule has 0 bridgehead atoms. The van der Waals surface area contributed by atoms with Crippen LogP contribution in [0.5, 0.6) is 11.5 Å². The van der Waals surface area contributed by atoms with Crippen LogP contribution in [0, 0.1) is 10.1 Å². The van der Waals surface area contributed by atoms with Crippen LogP contribution < -0.4 is 4.74 Å². The number of carbonyl (C=O) groups is 1. The highest BCUT2D eigenvalue weighted by Crippen LogP contribution is 2.39. The third-order valence-corrected chi connectivity index (χ3v) is 3.22.